The molecule has 0 saturated carbocycles. The SMILES string of the molecule is CCNC(=NCc1ccccc1CN1CCCC1=O)NCCN(C(C)C)C(C)C.I. The van der Waals surface area contributed by atoms with Crippen LogP contribution >= 0.6 is 24.0 Å². The Kier molecular flexibility index (Phi) is 12.3. The van der Waals surface area contributed by atoms with Crippen molar-refractivity contribution >= 4 is 35.8 Å². The van der Waals surface area contributed by atoms with E-state index in [0.717, 1.165) is 38.6 Å². The molecule has 1 aromatic rings. The van der Waals surface area contributed by atoms with E-state index in [9.17, 15) is 4.79 Å². The van der Waals surface area contributed by atoms with Crippen LogP contribution in [0.5, 0.6) is 0 Å². The third-order valence-corrected chi connectivity index (χ3v) is 5.39. The molecule has 0 unspecified atom stereocenters. The largest absolute Gasteiger partial charge is 0.357 e. The summed E-state index contributed by atoms with van der Waals surface area (Å²) in [7, 11) is 0. The predicted octanol–water partition coefficient (Wildman–Crippen LogP) is 3.60. The van der Waals surface area contributed by atoms with Gasteiger partial charge in [0.25, 0.3) is 0 Å². The number of rotatable bonds is 10. The molecule has 30 heavy (non-hydrogen) atoms. The van der Waals surface area contributed by atoms with Crippen LogP contribution in [-0.4, -0.2) is 59.9 Å². The maximum Gasteiger partial charge on any atom is 0.222 e. The van der Waals surface area contributed by atoms with Crippen LogP contribution in [0.4, 0.5) is 0 Å². The number of benzene rings is 1. The minimum absolute atomic E-state index is 0. The Morgan fingerprint density at radius 1 is 1.13 bits per heavy atom. The number of carbonyl (C=O) groups excluding carboxylic acids is 1. The van der Waals surface area contributed by atoms with Crippen molar-refractivity contribution in [3.8, 4) is 0 Å². The summed E-state index contributed by atoms with van der Waals surface area (Å²) in [5.41, 5.74) is 2.36. The molecule has 0 spiro atoms. The van der Waals surface area contributed by atoms with E-state index in [0.29, 0.717) is 31.6 Å². The predicted molar refractivity (Wildman–Crippen MR) is 136 cm³/mol. The maximum absolute atomic E-state index is 12.0. The molecule has 1 aromatic carbocycles. The summed E-state index contributed by atoms with van der Waals surface area (Å²) < 4.78 is 0. The van der Waals surface area contributed by atoms with Crippen molar-refractivity contribution in [1.82, 2.24) is 20.4 Å². The van der Waals surface area contributed by atoms with Crippen LogP contribution in [0.1, 0.15) is 58.6 Å². The van der Waals surface area contributed by atoms with Gasteiger partial charge in [0.15, 0.2) is 5.96 Å². The van der Waals surface area contributed by atoms with Gasteiger partial charge in [0.2, 0.25) is 5.91 Å². The lowest BCUT2D eigenvalue weighted by atomic mass is 10.1. The Labute approximate surface area is 199 Å². The highest BCUT2D eigenvalue weighted by Crippen LogP contribution is 2.17. The maximum atomic E-state index is 12.0. The van der Waals surface area contributed by atoms with Gasteiger partial charge < -0.3 is 15.5 Å². The number of carbonyl (C=O) groups is 1. The smallest absolute Gasteiger partial charge is 0.222 e. The van der Waals surface area contributed by atoms with Gasteiger partial charge in [-0.1, -0.05) is 24.3 Å². The number of halogens is 1. The Morgan fingerprint density at radius 2 is 1.80 bits per heavy atom. The normalized spacial score (nSPS) is 14.6. The number of amides is 1. The molecule has 0 bridgehead atoms. The van der Waals surface area contributed by atoms with Crippen molar-refractivity contribution in [2.24, 2.45) is 4.99 Å². The molecule has 6 nitrogen and oxygen atoms in total. The number of hydrogen-bond donors (Lipinski definition) is 2. The first-order valence-electron chi connectivity index (χ1n) is 11.0. The van der Waals surface area contributed by atoms with E-state index in [4.69, 9.17) is 4.99 Å². The summed E-state index contributed by atoms with van der Waals surface area (Å²) in [6, 6.07) is 9.36. The van der Waals surface area contributed by atoms with Crippen LogP contribution in [0.2, 0.25) is 0 Å². The van der Waals surface area contributed by atoms with Gasteiger partial charge in [0.1, 0.15) is 0 Å². The van der Waals surface area contributed by atoms with E-state index in [-0.39, 0.29) is 29.9 Å². The number of aliphatic imine (C=N–C) groups is 1. The van der Waals surface area contributed by atoms with Crippen LogP contribution in [0.3, 0.4) is 0 Å². The second-order valence-electron chi connectivity index (χ2n) is 8.23. The van der Waals surface area contributed by atoms with Gasteiger partial charge in [-0.05, 0) is 52.2 Å². The van der Waals surface area contributed by atoms with Crippen molar-refractivity contribution in [1.29, 1.82) is 0 Å². The second kappa shape index (κ2) is 13.9. The molecule has 1 aliphatic rings. The molecule has 0 aromatic heterocycles. The lowest BCUT2D eigenvalue weighted by Crippen LogP contribution is -2.45. The standard InChI is InChI=1S/C23H39N5O.HI/c1-6-24-23(25-13-15-28(18(2)3)19(4)5)26-16-20-10-7-8-11-21(20)17-27-14-9-12-22(27)29;/h7-8,10-11,18-19H,6,9,12-17H2,1-5H3,(H2,24,25,26);1H. The number of hydrogen-bond acceptors (Lipinski definition) is 3. The molecular weight excluding hydrogens is 489 g/mol. The third-order valence-electron chi connectivity index (χ3n) is 5.39. The van der Waals surface area contributed by atoms with Crippen LogP contribution in [0.15, 0.2) is 29.3 Å². The third kappa shape index (κ3) is 8.41. The van der Waals surface area contributed by atoms with Gasteiger partial charge in [-0.3, -0.25) is 9.69 Å². The number of nitrogens with one attached hydrogen (secondary N) is 2. The second-order valence-corrected chi connectivity index (χ2v) is 8.23. The Balaban J connectivity index is 0.00000450. The van der Waals surface area contributed by atoms with Crippen molar-refractivity contribution < 1.29 is 4.79 Å². The van der Waals surface area contributed by atoms with Crippen LogP contribution in [0.25, 0.3) is 0 Å². The highest BCUT2D eigenvalue weighted by molar-refractivity contribution is 14.0. The molecule has 1 amide bonds. The van der Waals surface area contributed by atoms with Crippen LogP contribution in [0, 0.1) is 0 Å². The summed E-state index contributed by atoms with van der Waals surface area (Å²) in [6.07, 6.45) is 1.65. The average molecular weight is 530 g/mol. The first-order chi connectivity index (χ1) is 13.9. The van der Waals surface area contributed by atoms with Gasteiger partial charge in [-0.15, -0.1) is 24.0 Å². The van der Waals surface area contributed by atoms with Gasteiger partial charge in [-0.25, -0.2) is 4.99 Å². The molecule has 1 aliphatic heterocycles. The topological polar surface area (TPSA) is 60.0 Å². The summed E-state index contributed by atoms with van der Waals surface area (Å²) >= 11 is 0. The highest BCUT2D eigenvalue weighted by Gasteiger charge is 2.20. The van der Waals surface area contributed by atoms with E-state index in [2.05, 4.69) is 62.3 Å². The van der Waals surface area contributed by atoms with E-state index >= 15 is 0 Å². The minimum Gasteiger partial charge on any atom is -0.357 e. The van der Waals surface area contributed by atoms with Crippen LogP contribution in [-0.2, 0) is 17.9 Å². The first kappa shape index (κ1) is 26.7. The zero-order valence-electron chi connectivity index (χ0n) is 19.3. The van der Waals surface area contributed by atoms with Crippen molar-refractivity contribution in [2.75, 3.05) is 26.2 Å². The molecule has 1 saturated heterocycles. The Hall–Kier alpha value is -1.35. The molecule has 2 N–H and O–H groups in total. The molecule has 2 rings (SSSR count). The summed E-state index contributed by atoms with van der Waals surface area (Å²) in [6.45, 7) is 15.8. The lowest BCUT2D eigenvalue weighted by molar-refractivity contribution is -0.128. The molecule has 170 valence electrons. The fourth-order valence-corrected chi connectivity index (χ4v) is 3.86. The van der Waals surface area contributed by atoms with Gasteiger partial charge in [0.05, 0.1) is 6.54 Å². The van der Waals surface area contributed by atoms with Gasteiger partial charge in [-0.2, -0.15) is 0 Å². The lowest BCUT2D eigenvalue weighted by Gasteiger charge is -2.30. The molecule has 1 heterocycles. The fourth-order valence-electron chi connectivity index (χ4n) is 3.86. The van der Waals surface area contributed by atoms with E-state index in [1.165, 1.54) is 11.1 Å². The van der Waals surface area contributed by atoms with E-state index in [1.807, 2.05) is 17.0 Å². The zero-order valence-corrected chi connectivity index (χ0v) is 21.6. The average Bonchev–Trinajstić information content (AvgIpc) is 3.08. The van der Waals surface area contributed by atoms with Gasteiger partial charge in [0, 0.05) is 51.2 Å². The summed E-state index contributed by atoms with van der Waals surface area (Å²) in [4.78, 5) is 21.2. The molecular formula is C23H40IN5O. The number of nitrogens with zero attached hydrogens (tertiary/aromatic N) is 3. The molecule has 1 fully saturated rings. The monoisotopic (exact) mass is 529 g/mol. The van der Waals surface area contributed by atoms with E-state index in [1.54, 1.807) is 0 Å². The fraction of sp³-hybridized carbons (Fsp3) is 0.652. The van der Waals surface area contributed by atoms with E-state index < -0.39 is 0 Å². The summed E-state index contributed by atoms with van der Waals surface area (Å²) in [5.74, 6) is 1.10. The minimum atomic E-state index is 0. The Bertz CT molecular complexity index is 669. The zero-order chi connectivity index (χ0) is 21.2. The molecule has 0 atom stereocenters. The van der Waals surface area contributed by atoms with Gasteiger partial charge >= 0.3 is 0 Å². The highest BCUT2D eigenvalue weighted by atomic mass is 127. The van der Waals surface area contributed by atoms with Crippen molar-refractivity contribution in [2.45, 2.75) is 72.6 Å². The number of guanidine groups is 1. The molecule has 7 heteroatoms. The molecule has 0 aliphatic carbocycles. The first-order valence-corrected chi connectivity index (χ1v) is 11.0. The van der Waals surface area contributed by atoms with Crippen molar-refractivity contribution in [3.63, 3.8) is 0 Å². The quantitative estimate of drug-likeness (QED) is 0.276. The summed E-state index contributed by atoms with van der Waals surface area (Å²) in [5, 5.41) is 6.80. The van der Waals surface area contributed by atoms with Crippen molar-refractivity contribution in [3.05, 3.63) is 35.4 Å². The molecule has 0 radical (unpaired) electrons. The number of likely N-dealkylation sites (tertiary alicyclic amines) is 1. The van der Waals surface area contributed by atoms with Crippen LogP contribution < -0.4 is 10.6 Å². The Morgan fingerprint density at radius 3 is 2.37 bits per heavy atom.